The fraction of sp³-hybridized carbons (Fsp3) is 0.625. The maximum absolute atomic E-state index is 11.4. The van der Waals surface area contributed by atoms with Crippen molar-refractivity contribution >= 4 is 17.9 Å². The molecule has 1 rings (SSSR count). The van der Waals surface area contributed by atoms with Crippen molar-refractivity contribution in [2.45, 2.75) is 18.9 Å². The molecule has 1 atom stereocenters. The van der Waals surface area contributed by atoms with Crippen molar-refractivity contribution in [3.05, 3.63) is 0 Å². The van der Waals surface area contributed by atoms with Gasteiger partial charge in [0.15, 0.2) is 0 Å². The van der Waals surface area contributed by atoms with E-state index in [1.54, 1.807) is 0 Å². The number of hydrogen-bond donors (Lipinski definition) is 3. The molecular formula is C8H13N3O4. The SMILES string of the molecule is NC(=O)CNC(=O)[C@@H]1CCCN1C(=O)O. The number of likely N-dealkylation sites (tertiary alicyclic amines) is 1. The number of carbonyl (C=O) groups is 3. The van der Waals surface area contributed by atoms with E-state index in [-0.39, 0.29) is 6.54 Å². The minimum absolute atomic E-state index is 0.261. The van der Waals surface area contributed by atoms with Crippen molar-refractivity contribution < 1.29 is 19.5 Å². The average molecular weight is 215 g/mol. The normalized spacial score (nSPS) is 20.0. The zero-order valence-corrected chi connectivity index (χ0v) is 8.10. The van der Waals surface area contributed by atoms with Gasteiger partial charge >= 0.3 is 6.09 Å². The third kappa shape index (κ3) is 2.83. The van der Waals surface area contributed by atoms with Gasteiger partial charge in [0, 0.05) is 6.54 Å². The van der Waals surface area contributed by atoms with Crippen molar-refractivity contribution in [3.8, 4) is 0 Å². The van der Waals surface area contributed by atoms with Gasteiger partial charge < -0.3 is 16.2 Å². The van der Waals surface area contributed by atoms with Crippen LogP contribution in [-0.2, 0) is 9.59 Å². The monoisotopic (exact) mass is 215 g/mol. The lowest BCUT2D eigenvalue weighted by Gasteiger charge is -2.20. The first-order valence-electron chi connectivity index (χ1n) is 4.58. The van der Waals surface area contributed by atoms with Crippen LogP contribution in [0.3, 0.4) is 0 Å². The predicted octanol–water partition coefficient (Wildman–Crippen LogP) is -1.27. The van der Waals surface area contributed by atoms with Crippen LogP contribution in [-0.4, -0.2) is 47.0 Å². The molecule has 0 radical (unpaired) electrons. The largest absolute Gasteiger partial charge is 0.465 e. The third-order valence-electron chi connectivity index (χ3n) is 2.24. The second-order valence-corrected chi connectivity index (χ2v) is 3.32. The van der Waals surface area contributed by atoms with E-state index in [9.17, 15) is 14.4 Å². The lowest BCUT2D eigenvalue weighted by atomic mass is 10.2. The molecule has 0 unspecified atom stereocenters. The maximum atomic E-state index is 11.4. The Bertz CT molecular complexity index is 292. The summed E-state index contributed by atoms with van der Waals surface area (Å²) in [7, 11) is 0. The highest BCUT2D eigenvalue weighted by molar-refractivity contribution is 5.89. The molecule has 1 aliphatic heterocycles. The van der Waals surface area contributed by atoms with Crippen LogP contribution in [0.2, 0.25) is 0 Å². The topological polar surface area (TPSA) is 113 Å². The number of hydrogen-bond acceptors (Lipinski definition) is 3. The van der Waals surface area contributed by atoms with E-state index < -0.39 is 23.9 Å². The molecule has 0 bridgehead atoms. The first-order chi connectivity index (χ1) is 7.02. The minimum Gasteiger partial charge on any atom is -0.465 e. The molecule has 1 aliphatic rings. The summed E-state index contributed by atoms with van der Waals surface area (Å²) < 4.78 is 0. The minimum atomic E-state index is -1.12. The number of nitrogens with two attached hydrogens (primary N) is 1. The first kappa shape index (κ1) is 11.3. The number of nitrogens with one attached hydrogen (secondary N) is 1. The Labute approximate surface area is 86.2 Å². The van der Waals surface area contributed by atoms with Crippen LogP contribution in [0.15, 0.2) is 0 Å². The van der Waals surface area contributed by atoms with Gasteiger partial charge in [-0.2, -0.15) is 0 Å². The number of carboxylic acid groups (broad SMARTS) is 1. The molecule has 0 aromatic heterocycles. The molecule has 7 nitrogen and oxygen atoms in total. The van der Waals surface area contributed by atoms with Gasteiger partial charge in [0.2, 0.25) is 11.8 Å². The predicted molar refractivity (Wildman–Crippen MR) is 50.0 cm³/mol. The first-order valence-corrected chi connectivity index (χ1v) is 4.58. The highest BCUT2D eigenvalue weighted by Gasteiger charge is 2.33. The second kappa shape index (κ2) is 4.63. The van der Waals surface area contributed by atoms with E-state index in [1.165, 1.54) is 0 Å². The summed E-state index contributed by atoms with van der Waals surface area (Å²) in [5, 5.41) is 11.1. The van der Waals surface area contributed by atoms with Crippen LogP contribution in [0.5, 0.6) is 0 Å². The number of rotatable bonds is 3. The summed E-state index contributed by atoms with van der Waals surface area (Å²) in [6, 6.07) is -0.693. The van der Waals surface area contributed by atoms with Crippen LogP contribution in [0.25, 0.3) is 0 Å². The Morgan fingerprint density at radius 1 is 1.47 bits per heavy atom. The summed E-state index contributed by atoms with van der Waals surface area (Å²) in [4.78, 5) is 33.6. The Balaban J connectivity index is 2.51. The average Bonchev–Trinajstić information content (AvgIpc) is 2.62. The summed E-state index contributed by atoms with van der Waals surface area (Å²) in [5.41, 5.74) is 4.85. The molecule has 1 heterocycles. The summed E-state index contributed by atoms with van der Waals surface area (Å²) >= 11 is 0. The van der Waals surface area contributed by atoms with Gasteiger partial charge in [0.25, 0.3) is 0 Å². The van der Waals surface area contributed by atoms with Crippen LogP contribution in [0.1, 0.15) is 12.8 Å². The lowest BCUT2D eigenvalue weighted by Crippen LogP contribution is -2.47. The van der Waals surface area contributed by atoms with Gasteiger partial charge in [-0.15, -0.1) is 0 Å². The van der Waals surface area contributed by atoms with E-state index >= 15 is 0 Å². The van der Waals surface area contributed by atoms with E-state index in [1.807, 2.05) is 0 Å². The number of amides is 3. The summed E-state index contributed by atoms with van der Waals surface area (Å²) in [5.74, 6) is -1.11. The van der Waals surface area contributed by atoms with E-state index in [2.05, 4.69) is 5.32 Å². The fourth-order valence-corrected chi connectivity index (χ4v) is 1.56. The van der Waals surface area contributed by atoms with Crippen LogP contribution >= 0.6 is 0 Å². The van der Waals surface area contributed by atoms with Crippen LogP contribution in [0, 0.1) is 0 Å². The Hall–Kier alpha value is -1.79. The van der Waals surface area contributed by atoms with Gasteiger partial charge in [-0.05, 0) is 12.8 Å². The Morgan fingerprint density at radius 2 is 2.13 bits per heavy atom. The van der Waals surface area contributed by atoms with Crippen LogP contribution in [0.4, 0.5) is 4.79 Å². The molecule has 3 amide bonds. The zero-order chi connectivity index (χ0) is 11.4. The maximum Gasteiger partial charge on any atom is 0.407 e. The lowest BCUT2D eigenvalue weighted by molar-refractivity contribution is -0.127. The zero-order valence-electron chi connectivity index (χ0n) is 8.10. The Kier molecular flexibility index (Phi) is 3.48. The molecule has 0 aromatic carbocycles. The van der Waals surface area contributed by atoms with Gasteiger partial charge in [-0.25, -0.2) is 4.79 Å². The third-order valence-corrected chi connectivity index (χ3v) is 2.24. The molecule has 0 saturated carbocycles. The van der Waals surface area contributed by atoms with Gasteiger partial charge in [0.05, 0.1) is 6.54 Å². The molecule has 4 N–H and O–H groups in total. The number of nitrogens with zero attached hydrogens (tertiary/aromatic N) is 1. The van der Waals surface area contributed by atoms with Crippen molar-refractivity contribution in [1.29, 1.82) is 0 Å². The molecule has 1 saturated heterocycles. The molecule has 0 spiro atoms. The van der Waals surface area contributed by atoms with E-state index in [0.29, 0.717) is 19.4 Å². The standard InChI is InChI=1S/C8H13N3O4/c9-6(12)4-10-7(13)5-2-1-3-11(5)8(14)15/h5H,1-4H2,(H2,9,12)(H,10,13)(H,14,15)/t5-/m0/s1. The van der Waals surface area contributed by atoms with E-state index in [0.717, 1.165) is 4.90 Å². The molecule has 84 valence electrons. The fourth-order valence-electron chi connectivity index (χ4n) is 1.56. The van der Waals surface area contributed by atoms with Crippen molar-refractivity contribution in [2.24, 2.45) is 5.73 Å². The molecule has 1 fully saturated rings. The molecular weight excluding hydrogens is 202 g/mol. The summed E-state index contributed by atoms with van der Waals surface area (Å²) in [6.45, 7) is 0.0901. The van der Waals surface area contributed by atoms with Gasteiger partial charge in [-0.1, -0.05) is 0 Å². The van der Waals surface area contributed by atoms with Gasteiger partial charge in [-0.3, -0.25) is 14.5 Å². The smallest absolute Gasteiger partial charge is 0.407 e. The Morgan fingerprint density at radius 3 is 2.67 bits per heavy atom. The van der Waals surface area contributed by atoms with E-state index in [4.69, 9.17) is 10.8 Å². The van der Waals surface area contributed by atoms with Crippen molar-refractivity contribution in [2.75, 3.05) is 13.1 Å². The highest BCUT2D eigenvalue weighted by atomic mass is 16.4. The van der Waals surface area contributed by atoms with Crippen LogP contribution < -0.4 is 11.1 Å². The highest BCUT2D eigenvalue weighted by Crippen LogP contribution is 2.16. The molecule has 0 aliphatic carbocycles. The van der Waals surface area contributed by atoms with Gasteiger partial charge in [0.1, 0.15) is 6.04 Å². The summed E-state index contributed by atoms with van der Waals surface area (Å²) in [6.07, 6.45) is 0.0180. The molecule has 0 aromatic rings. The molecule has 7 heteroatoms. The number of primary amides is 1. The van der Waals surface area contributed by atoms with Crippen molar-refractivity contribution in [3.63, 3.8) is 0 Å². The van der Waals surface area contributed by atoms with Crippen molar-refractivity contribution in [1.82, 2.24) is 10.2 Å². The second-order valence-electron chi connectivity index (χ2n) is 3.32. The molecule has 15 heavy (non-hydrogen) atoms. The quantitative estimate of drug-likeness (QED) is 0.544. The number of carbonyl (C=O) groups excluding carboxylic acids is 2.